The molecule has 2 aliphatic rings. The molecule has 1 aromatic carbocycles. The van der Waals surface area contributed by atoms with Gasteiger partial charge < -0.3 is 15.2 Å². The van der Waals surface area contributed by atoms with Crippen LogP contribution in [0.1, 0.15) is 32.1 Å². The average Bonchev–Trinajstić information content (AvgIpc) is 2.43. The zero-order chi connectivity index (χ0) is 14.2. The lowest BCUT2D eigenvalue weighted by Crippen LogP contribution is -2.60. The van der Waals surface area contributed by atoms with Gasteiger partial charge in [-0.25, -0.2) is 8.78 Å². The standard InChI is InChI=1S/C15H19F2NO2/c16-11-6-5-10(9-12(11)17)18-13-3-1-4-14-15(13,19)7-2-8-20-14/h5-6,9,13-14,18-19H,1-4,7-8H2/t13-,14-,15-/m1/s1. The van der Waals surface area contributed by atoms with E-state index in [0.29, 0.717) is 18.7 Å². The summed E-state index contributed by atoms with van der Waals surface area (Å²) in [5.74, 6) is -1.74. The molecule has 2 fully saturated rings. The number of hydrogen-bond donors (Lipinski definition) is 2. The summed E-state index contributed by atoms with van der Waals surface area (Å²) in [4.78, 5) is 0. The van der Waals surface area contributed by atoms with Gasteiger partial charge in [-0.2, -0.15) is 0 Å². The molecule has 1 saturated carbocycles. The summed E-state index contributed by atoms with van der Waals surface area (Å²) in [5.41, 5.74) is -0.421. The van der Waals surface area contributed by atoms with Crippen molar-refractivity contribution < 1.29 is 18.6 Å². The third kappa shape index (κ3) is 2.40. The molecule has 1 aliphatic heterocycles. The van der Waals surface area contributed by atoms with E-state index in [9.17, 15) is 13.9 Å². The van der Waals surface area contributed by atoms with Crippen LogP contribution in [0, 0.1) is 11.6 Å². The van der Waals surface area contributed by atoms with Crippen LogP contribution in [0.25, 0.3) is 0 Å². The van der Waals surface area contributed by atoms with Gasteiger partial charge in [0, 0.05) is 18.4 Å². The van der Waals surface area contributed by atoms with E-state index in [-0.39, 0.29) is 12.1 Å². The molecule has 0 aromatic heterocycles. The lowest BCUT2D eigenvalue weighted by Gasteiger charge is -2.48. The minimum absolute atomic E-state index is 0.159. The van der Waals surface area contributed by atoms with E-state index in [1.165, 1.54) is 6.07 Å². The van der Waals surface area contributed by atoms with Crippen LogP contribution in [0.2, 0.25) is 0 Å². The highest BCUT2D eigenvalue weighted by atomic mass is 19.2. The highest BCUT2D eigenvalue weighted by Crippen LogP contribution is 2.39. The van der Waals surface area contributed by atoms with Crippen LogP contribution >= 0.6 is 0 Å². The minimum atomic E-state index is -0.915. The van der Waals surface area contributed by atoms with E-state index in [1.807, 2.05) is 0 Å². The lowest BCUT2D eigenvalue weighted by molar-refractivity contribution is -0.168. The molecular formula is C15H19F2NO2. The minimum Gasteiger partial charge on any atom is -0.385 e. The van der Waals surface area contributed by atoms with E-state index in [4.69, 9.17) is 4.74 Å². The molecule has 0 unspecified atom stereocenters. The van der Waals surface area contributed by atoms with Crippen molar-refractivity contribution in [2.24, 2.45) is 0 Å². The van der Waals surface area contributed by atoms with E-state index in [2.05, 4.69) is 5.32 Å². The predicted molar refractivity (Wildman–Crippen MR) is 71.5 cm³/mol. The molecule has 1 saturated heterocycles. The van der Waals surface area contributed by atoms with Crippen molar-refractivity contribution in [1.82, 2.24) is 0 Å². The lowest BCUT2D eigenvalue weighted by atomic mass is 9.74. The zero-order valence-electron chi connectivity index (χ0n) is 11.2. The maximum absolute atomic E-state index is 13.3. The van der Waals surface area contributed by atoms with Gasteiger partial charge in [0.15, 0.2) is 11.6 Å². The Morgan fingerprint density at radius 1 is 1.20 bits per heavy atom. The first-order valence-electron chi connectivity index (χ1n) is 7.15. The molecule has 1 aromatic rings. The number of fused-ring (bicyclic) bond motifs is 1. The second kappa shape index (κ2) is 5.30. The number of rotatable bonds is 2. The SMILES string of the molecule is O[C@@]12CCCO[C@@H]1CCC[C@H]2Nc1ccc(F)c(F)c1. The summed E-state index contributed by atoms with van der Waals surface area (Å²) in [6.45, 7) is 0.685. The average molecular weight is 283 g/mol. The van der Waals surface area contributed by atoms with Gasteiger partial charge in [-0.05, 0) is 44.2 Å². The smallest absolute Gasteiger partial charge is 0.160 e. The third-order valence-electron chi connectivity index (χ3n) is 4.42. The fraction of sp³-hybridized carbons (Fsp3) is 0.600. The first-order valence-corrected chi connectivity index (χ1v) is 7.15. The molecule has 2 N–H and O–H groups in total. The Hall–Kier alpha value is -1.20. The third-order valence-corrected chi connectivity index (χ3v) is 4.42. The maximum atomic E-state index is 13.3. The normalized spacial score (nSPS) is 33.5. The number of nitrogens with one attached hydrogen (secondary N) is 1. The van der Waals surface area contributed by atoms with Crippen LogP contribution < -0.4 is 5.32 Å². The Kier molecular flexibility index (Phi) is 3.65. The summed E-state index contributed by atoms with van der Waals surface area (Å²) < 4.78 is 31.9. The highest BCUT2D eigenvalue weighted by molar-refractivity contribution is 5.45. The Morgan fingerprint density at radius 2 is 2.05 bits per heavy atom. The molecule has 0 radical (unpaired) electrons. The van der Waals surface area contributed by atoms with Crippen LogP contribution in [0.15, 0.2) is 18.2 Å². The van der Waals surface area contributed by atoms with Crippen molar-refractivity contribution in [3.05, 3.63) is 29.8 Å². The van der Waals surface area contributed by atoms with Gasteiger partial charge in [0.2, 0.25) is 0 Å². The van der Waals surface area contributed by atoms with Gasteiger partial charge in [0.1, 0.15) is 5.60 Å². The number of ether oxygens (including phenoxy) is 1. The van der Waals surface area contributed by atoms with Gasteiger partial charge in [0.05, 0.1) is 12.1 Å². The highest BCUT2D eigenvalue weighted by Gasteiger charge is 2.48. The fourth-order valence-electron chi connectivity index (χ4n) is 3.36. The Balaban J connectivity index is 1.79. The molecule has 0 bridgehead atoms. The summed E-state index contributed by atoms with van der Waals surface area (Å²) in [6.07, 6.45) is 3.95. The molecule has 0 spiro atoms. The Labute approximate surface area is 116 Å². The first kappa shape index (κ1) is 13.8. The molecule has 3 atom stereocenters. The molecule has 5 heteroatoms. The number of hydrogen-bond acceptors (Lipinski definition) is 3. The number of benzene rings is 1. The van der Waals surface area contributed by atoms with Crippen LogP contribution in [-0.4, -0.2) is 29.5 Å². The Morgan fingerprint density at radius 3 is 2.85 bits per heavy atom. The summed E-state index contributed by atoms with van der Waals surface area (Å²) in [6, 6.07) is 3.53. The van der Waals surface area contributed by atoms with Crippen molar-refractivity contribution in [1.29, 1.82) is 0 Å². The largest absolute Gasteiger partial charge is 0.385 e. The van der Waals surface area contributed by atoms with Crippen LogP contribution in [0.4, 0.5) is 14.5 Å². The van der Waals surface area contributed by atoms with Crippen molar-refractivity contribution in [2.45, 2.75) is 49.9 Å². The number of anilines is 1. The molecule has 3 nitrogen and oxygen atoms in total. The second-order valence-electron chi connectivity index (χ2n) is 5.71. The fourth-order valence-corrected chi connectivity index (χ4v) is 3.36. The maximum Gasteiger partial charge on any atom is 0.160 e. The molecule has 110 valence electrons. The van der Waals surface area contributed by atoms with Gasteiger partial charge in [-0.3, -0.25) is 0 Å². The summed E-state index contributed by atoms with van der Waals surface area (Å²) >= 11 is 0. The van der Waals surface area contributed by atoms with Gasteiger partial charge in [-0.1, -0.05) is 0 Å². The molecule has 20 heavy (non-hydrogen) atoms. The van der Waals surface area contributed by atoms with Crippen molar-refractivity contribution >= 4 is 5.69 Å². The van der Waals surface area contributed by atoms with E-state index >= 15 is 0 Å². The predicted octanol–water partition coefficient (Wildman–Crippen LogP) is 2.84. The molecular weight excluding hydrogens is 264 g/mol. The zero-order valence-corrected chi connectivity index (χ0v) is 11.2. The van der Waals surface area contributed by atoms with Gasteiger partial charge >= 0.3 is 0 Å². The first-order chi connectivity index (χ1) is 9.59. The number of halogens is 2. The second-order valence-corrected chi connectivity index (χ2v) is 5.71. The van der Waals surface area contributed by atoms with Crippen LogP contribution in [0.3, 0.4) is 0 Å². The number of aliphatic hydroxyl groups is 1. The van der Waals surface area contributed by atoms with Crippen LogP contribution in [-0.2, 0) is 4.74 Å². The van der Waals surface area contributed by atoms with Crippen molar-refractivity contribution in [2.75, 3.05) is 11.9 Å². The molecule has 0 amide bonds. The van der Waals surface area contributed by atoms with E-state index < -0.39 is 17.2 Å². The van der Waals surface area contributed by atoms with E-state index in [1.54, 1.807) is 0 Å². The van der Waals surface area contributed by atoms with Gasteiger partial charge in [0.25, 0.3) is 0 Å². The topological polar surface area (TPSA) is 41.5 Å². The van der Waals surface area contributed by atoms with E-state index in [0.717, 1.165) is 37.8 Å². The van der Waals surface area contributed by atoms with Gasteiger partial charge in [-0.15, -0.1) is 0 Å². The summed E-state index contributed by atoms with van der Waals surface area (Å²) in [5, 5.41) is 14.0. The molecule has 1 heterocycles. The monoisotopic (exact) mass is 283 g/mol. The Bertz CT molecular complexity index is 495. The summed E-state index contributed by atoms with van der Waals surface area (Å²) in [7, 11) is 0. The molecule has 1 aliphatic carbocycles. The van der Waals surface area contributed by atoms with Crippen LogP contribution in [0.5, 0.6) is 0 Å². The quantitative estimate of drug-likeness (QED) is 0.877. The van der Waals surface area contributed by atoms with Crippen molar-refractivity contribution in [3.8, 4) is 0 Å². The van der Waals surface area contributed by atoms with Crippen molar-refractivity contribution in [3.63, 3.8) is 0 Å². The molecule has 3 rings (SSSR count).